The van der Waals surface area contributed by atoms with Gasteiger partial charge in [-0.3, -0.25) is 39.9 Å². The van der Waals surface area contributed by atoms with Crippen LogP contribution in [0.4, 0.5) is 22.7 Å². The number of nitrogens with one attached hydrogen (secondary N) is 2. The van der Waals surface area contributed by atoms with Crippen molar-refractivity contribution in [3.05, 3.63) is 77.9 Å². The Morgan fingerprint density at radius 3 is 2.12 bits per heavy atom. The van der Waals surface area contributed by atoms with Crippen LogP contribution in [0.1, 0.15) is 24.5 Å². The highest BCUT2D eigenvalue weighted by molar-refractivity contribution is 6.06. The van der Waals surface area contributed by atoms with Crippen LogP contribution >= 0.6 is 0 Å². The molecule has 2 aromatic rings. The number of hydrogen-bond acceptors (Lipinski definition) is 9. The maximum absolute atomic E-state index is 12.2. The Hall–Kier alpha value is -4.75. The van der Waals surface area contributed by atoms with Crippen molar-refractivity contribution in [1.82, 2.24) is 5.43 Å². The maximum atomic E-state index is 12.2. The highest BCUT2D eigenvalue weighted by atomic mass is 16.6. The second-order valence-electron chi connectivity index (χ2n) is 6.87. The summed E-state index contributed by atoms with van der Waals surface area (Å²) in [6, 6.07) is 6.94. The van der Waals surface area contributed by atoms with Crippen molar-refractivity contribution >= 4 is 40.3 Å². The van der Waals surface area contributed by atoms with Crippen molar-refractivity contribution in [1.29, 1.82) is 0 Å². The van der Waals surface area contributed by atoms with Gasteiger partial charge in [0.05, 0.1) is 39.4 Å². The van der Waals surface area contributed by atoms with Crippen LogP contribution in [0, 0.1) is 37.3 Å². The van der Waals surface area contributed by atoms with Gasteiger partial charge in [-0.25, -0.2) is 5.43 Å². The predicted octanol–water partition coefficient (Wildman–Crippen LogP) is 2.78. The molecule has 0 radical (unpaired) electrons. The van der Waals surface area contributed by atoms with Crippen LogP contribution < -0.4 is 10.7 Å². The normalized spacial score (nSPS) is 10.9. The van der Waals surface area contributed by atoms with Gasteiger partial charge in [0.1, 0.15) is 0 Å². The molecule has 0 aliphatic heterocycles. The molecule has 0 aliphatic carbocycles. The molecular weight excluding hydrogens is 440 g/mol. The number of anilines is 1. The fourth-order valence-electron chi connectivity index (χ4n) is 2.68. The van der Waals surface area contributed by atoms with Crippen LogP contribution in [-0.2, 0) is 16.0 Å². The molecule has 2 amide bonds. The molecule has 0 aliphatic rings. The van der Waals surface area contributed by atoms with Crippen molar-refractivity contribution in [3.8, 4) is 0 Å². The van der Waals surface area contributed by atoms with E-state index in [2.05, 4.69) is 15.8 Å². The molecule has 14 heteroatoms. The predicted molar refractivity (Wildman–Crippen MR) is 116 cm³/mol. The Kier molecular flexibility index (Phi) is 7.82. The van der Waals surface area contributed by atoms with Crippen molar-refractivity contribution in [3.63, 3.8) is 0 Å². The number of carbonyl (C=O) groups excluding carboxylic acids is 2. The van der Waals surface area contributed by atoms with E-state index < -0.39 is 44.4 Å². The minimum atomic E-state index is -0.829. The van der Waals surface area contributed by atoms with E-state index in [9.17, 15) is 39.9 Å². The molecule has 2 N–H and O–H groups in total. The van der Waals surface area contributed by atoms with Gasteiger partial charge in [0.15, 0.2) is 0 Å². The van der Waals surface area contributed by atoms with Crippen molar-refractivity contribution in [2.24, 2.45) is 5.10 Å². The molecule has 172 valence electrons. The van der Waals surface area contributed by atoms with Crippen molar-refractivity contribution in [2.45, 2.75) is 26.7 Å². The number of aryl methyl sites for hydroxylation is 1. The van der Waals surface area contributed by atoms with Crippen LogP contribution in [0.3, 0.4) is 0 Å². The van der Waals surface area contributed by atoms with E-state index in [0.29, 0.717) is 5.56 Å². The van der Waals surface area contributed by atoms with Crippen LogP contribution in [0.2, 0.25) is 0 Å². The smallest absolute Gasteiger partial charge is 0.279 e. The molecule has 0 saturated heterocycles. The van der Waals surface area contributed by atoms with Crippen molar-refractivity contribution < 1.29 is 24.4 Å². The summed E-state index contributed by atoms with van der Waals surface area (Å²) < 4.78 is 0. The summed E-state index contributed by atoms with van der Waals surface area (Å²) in [6.45, 7) is 3.12. The van der Waals surface area contributed by atoms with E-state index in [0.717, 1.165) is 18.2 Å². The molecular formula is C19H18N6O8. The second-order valence-corrected chi connectivity index (χ2v) is 6.87. The molecule has 0 heterocycles. The van der Waals surface area contributed by atoms with Crippen LogP contribution in [-0.4, -0.2) is 32.3 Å². The number of nitrogens with zero attached hydrogens (tertiary/aromatic N) is 4. The monoisotopic (exact) mass is 458 g/mol. The van der Waals surface area contributed by atoms with Gasteiger partial charge in [-0.05, 0) is 25.5 Å². The molecule has 14 nitrogen and oxygen atoms in total. The van der Waals surface area contributed by atoms with E-state index >= 15 is 0 Å². The fraction of sp³-hybridized carbons (Fsp3) is 0.211. The van der Waals surface area contributed by atoms with Gasteiger partial charge in [-0.2, -0.15) is 5.10 Å². The van der Waals surface area contributed by atoms with Crippen LogP contribution in [0.25, 0.3) is 0 Å². The van der Waals surface area contributed by atoms with Gasteiger partial charge >= 0.3 is 0 Å². The van der Waals surface area contributed by atoms with Crippen LogP contribution in [0.15, 0.2) is 41.5 Å². The average Bonchev–Trinajstić information content (AvgIpc) is 2.73. The quantitative estimate of drug-likeness (QED) is 0.324. The van der Waals surface area contributed by atoms with Crippen LogP contribution in [0.5, 0.6) is 0 Å². The van der Waals surface area contributed by atoms with E-state index in [1.54, 1.807) is 6.92 Å². The lowest BCUT2D eigenvalue weighted by molar-refractivity contribution is -0.394. The number of carbonyl (C=O) groups is 2. The van der Waals surface area contributed by atoms with Gasteiger partial charge in [0, 0.05) is 29.5 Å². The summed E-state index contributed by atoms with van der Waals surface area (Å²) in [5, 5.41) is 39.1. The summed E-state index contributed by atoms with van der Waals surface area (Å²) >= 11 is 0. The summed E-state index contributed by atoms with van der Waals surface area (Å²) in [4.78, 5) is 54.9. The number of rotatable bonds is 9. The minimum absolute atomic E-state index is 0.0464. The van der Waals surface area contributed by atoms with E-state index in [-0.39, 0.29) is 29.1 Å². The van der Waals surface area contributed by atoms with E-state index in [1.165, 1.54) is 25.1 Å². The first-order valence-corrected chi connectivity index (χ1v) is 9.26. The Morgan fingerprint density at radius 1 is 0.909 bits per heavy atom. The summed E-state index contributed by atoms with van der Waals surface area (Å²) in [7, 11) is 0. The van der Waals surface area contributed by atoms with Gasteiger partial charge in [0.2, 0.25) is 11.8 Å². The molecule has 0 fully saturated rings. The lowest BCUT2D eigenvalue weighted by Crippen LogP contribution is -2.23. The van der Waals surface area contributed by atoms with Gasteiger partial charge < -0.3 is 5.32 Å². The zero-order chi connectivity index (χ0) is 24.7. The molecule has 33 heavy (non-hydrogen) atoms. The minimum Gasteiger partial charge on any atom is -0.325 e. The summed E-state index contributed by atoms with van der Waals surface area (Å²) in [5.41, 5.74) is 1.94. The average molecular weight is 458 g/mol. The number of amides is 2. The van der Waals surface area contributed by atoms with Gasteiger partial charge in [-0.15, -0.1) is 0 Å². The molecule has 0 spiro atoms. The highest BCUT2D eigenvalue weighted by Gasteiger charge is 2.21. The van der Waals surface area contributed by atoms with E-state index in [1.807, 2.05) is 0 Å². The Bertz CT molecular complexity index is 1180. The van der Waals surface area contributed by atoms with Gasteiger partial charge in [-0.1, -0.05) is 6.07 Å². The summed E-state index contributed by atoms with van der Waals surface area (Å²) in [5.74, 6) is -1.26. The zero-order valence-corrected chi connectivity index (χ0v) is 17.4. The topological polar surface area (TPSA) is 200 Å². The number of hydrazone groups is 1. The van der Waals surface area contributed by atoms with Gasteiger partial charge in [0.25, 0.3) is 17.1 Å². The third-order valence-corrected chi connectivity index (χ3v) is 4.32. The lowest BCUT2D eigenvalue weighted by atomic mass is 10.1. The number of nitro benzene ring substituents is 3. The third kappa shape index (κ3) is 6.88. The third-order valence-electron chi connectivity index (χ3n) is 4.32. The maximum Gasteiger partial charge on any atom is 0.279 e. The number of hydrogen-bond donors (Lipinski definition) is 2. The number of non-ortho nitro benzene ring substituents is 2. The standard InChI is InChI=1S/C19H18N6O8/c1-11-3-5-14(23(28)29)9-16(11)20-18(26)7-12(2)21-22-19(27)8-13-4-6-15(24(30)31)10-17(13)25(32)33/h3-6,9-10H,7-8H2,1-2H3,(H,20,26)(H,22,27). The van der Waals surface area contributed by atoms with Crippen molar-refractivity contribution in [2.75, 3.05) is 5.32 Å². The Balaban J connectivity index is 2.00. The zero-order valence-electron chi connectivity index (χ0n) is 17.4. The molecule has 0 bridgehead atoms. The number of nitro groups is 3. The summed E-state index contributed by atoms with van der Waals surface area (Å²) in [6.07, 6.45) is -0.704. The first kappa shape index (κ1) is 24.5. The fourth-order valence-corrected chi connectivity index (χ4v) is 2.68. The first-order valence-electron chi connectivity index (χ1n) is 9.26. The number of benzene rings is 2. The highest BCUT2D eigenvalue weighted by Crippen LogP contribution is 2.25. The lowest BCUT2D eigenvalue weighted by Gasteiger charge is -2.08. The molecule has 0 atom stereocenters. The second kappa shape index (κ2) is 10.5. The SMILES string of the molecule is CC(CC(=O)Nc1cc([N+](=O)[O-])ccc1C)=NNC(=O)Cc1ccc([N+](=O)[O-])cc1[N+](=O)[O-]. The Labute approximate surface area is 185 Å². The molecule has 0 unspecified atom stereocenters. The first-order chi connectivity index (χ1) is 15.5. The largest absolute Gasteiger partial charge is 0.325 e. The molecule has 0 aromatic heterocycles. The Morgan fingerprint density at radius 2 is 1.52 bits per heavy atom. The van der Waals surface area contributed by atoms with E-state index in [4.69, 9.17) is 0 Å². The molecule has 0 saturated carbocycles. The molecule has 2 rings (SSSR count). The molecule has 2 aromatic carbocycles.